The summed E-state index contributed by atoms with van der Waals surface area (Å²) in [5, 5.41) is 10.9. The van der Waals surface area contributed by atoms with Crippen molar-refractivity contribution >= 4 is 0 Å². The van der Waals surface area contributed by atoms with Crippen molar-refractivity contribution in [1.82, 2.24) is 0 Å². The zero-order valence-electron chi connectivity index (χ0n) is 13.4. The highest BCUT2D eigenvalue weighted by Gasteiger charge is 2.53. The molecule has 1 N–H and O–H groups in total. The van der Waals surface area contributed by atoms with E-state index < -0.39 is 0 Å². The van der Waals surface area contributed by atoms with Gasteiger partial charge in [-0.25, -0.2) is 0 Å². The van der Waals surface area contributed by atoms with Crippen LogP contribution in [0, 0.1) is 17.8 Å². The van der Waals surface area contributed by atoms with Crippen LogP contribution in [0.1, 0.15) is 54.9 Å². The molecule has 0 aromatic rings. The van der Waals surface area contributed by atoms with Crippen LogP contribution in [-0.2, 0) is 9.47 Å². The molecule has 2 fully saturated rings. The van der Waals surface area contributed by atoms with Crippen LogP contribution in [0.25, 0.3) is 0 Å². The van der Waals surface area contributed by atoms with E-state index in [1.807, 2.05) is 0 Å². The normalized spacial score (nSPS) is 46.4. The van der Waals surface area contributed by atoms with Crippen LogP contribution in [0.2, 0.25) is 0 Å². The van der Waals surface area contributed by atoms with E-state index in [9.17, 15) is 5.11 Å². The van der Waals surface area contributed by atoms with Gasteiger partial charge in [0, 0.05) is 11.8 Å². The summed E-state index contributed by atoms with van der Waals surface area (Å²) in [6, 6.07) is 0. The molecular weight excluding hydrogens is 240 g/mol. The van der Waals surface area contributed by atoms with Gasteiger partial charge in [-0.05, 0) is 53.9 Å². The minimum Gasteiger partial charge on any atom is -0.392 e. The van der Waals surface area contributed by atoms with Crippen molar-refractivity contribution in [2.75, 3.05) is 0 Å². The molecule has 0 aliphatic carbocycles. The van der Waals surface area contributed by atoms with Gasteiger partial charge in [-0.1, -0.05) is 6.92 Å². The second kappa shape index (κ2) is 4.71. The molecular formula is C16H30O3. The third-order valence-electron chi connectivity index (χ3n) is 5.27. The first-order valence-electron chi connectivity index (χ1n) is 7.59. The Hall–Kier alpha value is -0.120. The van der Waals surface area contributed by atoms with Gasteiger partial charge in [0.25, 0.3) is 0 Å². The maximum atomic E-state index is 10.9. The van der Waals surface area contributed by atoms with Gasteiger partial charge < -0.3 is 14.6 Å². The molecule has 6 unspecified atom stereocenters. The average Bonchev–Trinajstić information content (AvgIpc) is 2.60. The minimum atomic E-state index is -0.355. The van der Waals surface area contributed by atoms with Crippen LogP contribution in [0.3, 0.4) is 0 Å². The van der Waals surface area contributed by atoms with Gasteiger partial charge in [-0.15, -0.1) is 0 Å². The largest absolute Gasteiger partial charge is 0.392 e. The van der Waals surface area contributed by atoms with E-state index in [0.29, 0.717) is 5.92 Å². The van der Waals surface area contributed by atoms with Gasteiger partial charge in [0.1, 0.15) is 0 Å². The minimum absolute atomic E-state index is 0.125. The van der Waals surface area contributed by atoms with Crippen LogP contribution in [0.4, 0.5) is 0 Å². The standard InChI is InChI=1S/C16H30O3/c1-9-10(2)18-11(3)13(9)14(17)12-8-15(4,5)19-16(12,6)7/h9-14,17H,8H2,1-7H3. The van der Waals surface area contributed by atoms with Crippen LogP contribution in [0.5, 0.6) is 0 Å². The van der Waals surface area contributed by atoms with Crippen molar-refractivity contribution < 1.29 is 14.6 Å². The number of rotatable bonds is 2. The zero-order chi connectivity index (χ0) is 14.6. The van der Waals surface area contributed by atoms with Crippen LogP contribution in [0.15, 0.2) is 0 Å². The van der Waals surface area contributed by atoms with E-state index in [0.717, 1.165) is 6.42 Å². The summed E-state index contributed by atoms with van der Waals surface area (Å²) in [6.45, 7) is 14.8. The Kier molecular flexibility index (Phi) is 3.79. The van der Waals surface area contributed by atoms with Gasteiger partial charge in [-0.2, -0.15) is 0 Å². The van der Waals surface area contributed by atoms with E-state index in [-0.39, 0.29) is 41.3 Å². The van der Waals surface area contributed by atoms with E-state index in [1.165, 1.54) is 0 Å². The second-order valence-electron chi connectivity index (χ2n) is 7.75. The fourth-order valence-corrected chi connectivity index (χ4v) is 4.29. The lowest BCUT2D eigenvalue weighted by molar-refractivity contribution is -0.0982. The fourth-order valence-electron chi connectivity index (χ4n) is 4.29. The molecule has 0 aromatic carbocycles. The molecule has 2 saturated heterocycles. The highest BCUT2D eigenvalue weighted by atomic mass is 16.5. The van der Waals surface area contributed by atoms with Crippen molar-refractivity contribution in [3.8, 4) is 0 Å². The van der Waals surface area contributed by atoms with Gasteiger partial charge in [0.15, 0.2) is 0 Å². The lowest BCUT2D eigenvalue weighted by Gasteiger charge is -2.35. The maximum absolute atomic E-state index is 10.9. The molecule has 2 aliphatic heterocycles. The third kappa shape index (κ3) is 2.70. The first-order valence-corrected chi connectivity index (χ1v) is 7.59. The molecule has 6 atom stereocenters. The Balaban J connectivity index is 2.18. The van der Waals surface area contributed by atoms with Crippen molar-refractivity contribution in [2.24, 2.45) is 17.8 Å². The molecule has 112 valence electrons. The van der Waals surface area contributed by atoms with Crippen LogP contribution < -0.4 is 0 Å². The molecule has 19 heavy (non-hydrogen) atoms. The first kappa shape index (κ1) is 15.3. The quantitative estimate of drug-likeness (QED) is 0.838. The smallest absolute Gasteiger partial charge is 0.0687 e. The SMILES string of the molecule is CC1OC(C)C(C(O)C2CC(C)(C)OC2(C)C)C1C. The van der Waals surface area contributed by atoms with E-state index in [4.69, 9.17) is 9.47 Å². The summed E-state index contributed by atoms with van der Waals surface area (Å²) in [5.74, 6) is 0.771. The summed E-state index contributed by atoms with van der Waals surface area (Å²) >= 11 is 0. The maximum Gasteiger partial charge on any atom is 0.0687 e. The molecule has 2 aliphatic rings. The van der Waals surface area contributed by atoms with Crippen LogP contribution >= 0.6 is 0 Å². The van der Waals surface area contributed by atoms with E-state index in [1.54, 1.807) is 0 Å². The van der Waals surface area contributed by atoms with Crippen molar-refractivity contribution in [3.05, 3.63) is 0 Å². The monoisotopic (exact) mass is 270 g/mol. The summed E-state index contributed by atoms with van der Waals surface area (Å²) in [7, 11) is 0. The molecule has 0 aromatic heterocycles. The Labute approximate surface area is 117 Å². The lowest BCUT2D eigenvalue weighted by atomic mass is 9.73. The molecule has 0 saturated carbocycles. The predicted molar refractivity (Wildman–Crippen MR) is 76.0 cm³/mol. The first-order chi connectivity index (χ1) is 8.55. The van der Waals surface area contributed by atoms with Gasteiger partial charge in [0.05, 0.1) is 29.5 Å². The second-order valence-corrected chi connectivity index (χ2v) is 7.75. The Bertz CT molecular complexity index is 337. The molecule has 3 nitrogen and oxygen atoms in total. The molecule has 0 radical (unpaired) electrons. The third-order valence-corrected chi connectivity index (χ3v) is 5.27. The molecule has 0 spiro atoms. The lowest BCUT2D eigenvalue weighted by Crippen LogP contribution is -2.43. The fraction of sp³-hybridized carbons (Fsp3) is 1.00. The van der Waals surface area contributed by atoms with Crippen molar-refractivity contribution in [1.29, 1.82) is 0 Å². The number of aliphatic hydroxyl groups excluding tert-OH is 1. The Morgan fingerprint density at radius 2 is 1.63 bits per heavy atom. The van der Waals surface area contributed by atoms with Gasteiger partial charge >= 0.3 is 0 Å². The average molecular weight is 270 g/mol. The van der Waals surface area contributed by atoms with E-state index >= 15 is 0 Å². The highest BCUT2D eigenvalue weighted by molar-refractivity contribution is 5.01. The molecule has 2 heterocycles. The number of hydrogen-bond acceptors (Lipinski definition) is 3. The molecule has 3 heteroatoms. The summed E-state index contributed by atoms with van der Waals surface area (Å²) < 4.78 is 12.0. The topological polar surface area (TPSA) is 38.7 Å². The molecule has 0 amide bonds. The highest BCUT2D eigenvalue weighted by Crippen LogP contribution is 2.48. The van der Waals surface area contributed by atoms with E-state index in [2.05, 4.69) is 48.5 Å². The summed E-state index contributed by atoms with van der Waals surface area (Å²) in [6.07, 6.45) is 0.908. The summed E-state index contributed by atoms with van der Waals surface area (Å²) in [5.41, 5.74) is -0.416. The number of aliphatic hydroxyl groups is 1. The van der Waals surface area contributed by atoms with Crippen molar-refractivity contribution in [3.63, 3.8) is 0 Å². The Morgan fingerprint density at radius 3 is 2.00 bits per heavy atom. The predicted octanol–water partition coefficient (Wildman–Crippen LogP) is 3.00. The van der Waals surface area contributed by atoms with Gasteiger partial charge in [-0.3, -0.25) is 0 Å². The number of hydrogen-bond donors (Lipinski definition) is 1. The zero-order valence-corrected chi connectivity index (χ0v) is 13.4. The Morgan fingerprint density at radius 1 is 1.05 bits per heavy atom. The van der Waals surface area contributed by atoms with Gasteiger partial charge in [0.2, 0.25) is 0 Å². The summed E-state index contributed by atoms with van der Waals surface area (Å²) in [4.78, 5) is 0. The molecule has 2 rings (SSSR count). The molecule has 0 bridgehead atoms. The van der Waals surface area contributed by atoms with Crippen molar-refractivity contribution in [2.45, 2.75) is 84.4 Å². The number of ether oxygens (including phenoxy) is 2. The van der Waals surface area contributed by atoms with Crippen LogP contribution in [-0.4, -0.2) is 34.6 Å².